The Kier molecular flexibility index (Phi) is 4.37. The van der Waals surface area contributed by atoms with Crippen molar-refractivity contribution in [2.45, 2.75) is 12.8 Å². The van der Waals surface area contributed by atoms with Crippen LogP contribution in [0.2, 0.25) is 0 Å². The molecule has 7 heteroatoms. The van der Waals surface area contributed by atoms with E-state index in [0.29, 0.717) is 11.9 Å². The van der Waals surface area contributed by atoms with Crippen molar-refractivity contribution in [3.8, 4) is 0 Å². The van der Waals surface area contributed by atoms with Crippen LogP contribution in [0.25, 0.3) is 0 Å². The summed E-state index contributed by atoms with van der Waals surface area (Å²) >= 11 is 2.28. The van der Waals surface area contributed by atoms with Crippen LogP contribution in [0.4, 0.5) is 23.5 Å². The largest absolute Gasteiger partial charge is 0.357 e. The molecule has 0 radical (unpaired) electrons. The van der Waals surface area contributed by atoms with Crippen LogP contribution >= 0.6 is 22.6 Å². The average molecular weight is 396 g/mol. The first-order chi connectivity index (χ1) is 10.2. The Morgan fingerprint density at radius 2 is 1.67 bits per heavy atom. The van der Waals surface area contributed by atoms with E-state index < -0.39 is 0 Å². The molecular weight excluding hydrogens is 379 g/mol. The van der Waals surface area contributed by atoms with E-state index in [1.165, 1.54) is 16.4 Å². The third kappa shape index (κ3) is 3.52. The molecule has 2 N–H and O–H groups in total. The third-order valence-corrected chi connectivity index (χ3v) is 4.06. The van der Waals surface area contributed by atoms with Gasteiger partial charge in [-0.05, 0) is 59.7 Å². The molecule has 1 saturated heterocycles. The summed E-state index contributed by atoms with van der Waals surface area (Å²) in [7, 11) is 1.82. The van der Waals surface area contributed by atoms with Gasteiger partial charge < -0.3 is 15.5 Å². The summed E-state index contributed by atoms with van der Waals surface area (Å²) in [6.45, 7) is 2.02. The molecule has 1 aliphatic rings. The maximum Gasteiger partial charge on any atom is 0.233 e. The predicted molar refractivity (Wildman–Crippen MR) is 93.3 cm³/mol. The minimum atomic E-state index is 0.567. The molecule has 0 saturated carbocycles. The van der Waals surface area contributed by atoms with E-state index in [4.69, 9.17) is 0 Å². The molecule has 0 spiro atoms. The predicted octanol–water partition coefficient (Wildman–Crippen LogP) is 2.86. The Hall–Kier alpha value is -1.64. The highest BCUT2D eigenvalue weighted by molar-refractivity contribution is 14.1. The van der Waals surface area contributed by atoms with E-state index in [2.05, 4.69) is 53.1 Å². The Bertz CT molecular complexity index is 609. The van der Waals surface area contributed by atoms with Crippen molar-refractivity contribution in [2.75, 3.05) is 35.7 Å². The van der Waals surface area contributed by atoms with Crippen molar-refractivity contribution in [1.29, 1.82) is 0 Å². The minimum absolute atomic E-state index is 0.567. The Balaban J connectivity index is 1.86. The number of nitrogens with one attached hydrogen (secondary N) is 2. The SMILES string of the molecule is CNc1nc(Nc2ccc(I)cc2)nc(N2CCCC2)n1. The molecule has 0 unspecified atom stereocenters. The zero-order valence-electron chi connectivity index (χ0n) is 11.8. The Morgan fingerprint density at radius 1 is 1.00 bits per heavy atom. The fourth-order valence-corrected chi connectivity index (χ4v) is 2.61. The van der Waals surface area contributed by atoms with Crippen LogP contribution in [-0.2, 0) is 0 Å². The second-order valence-corrected chi connectivity index (χ2v) is 6.10. The lowest BCUT2D eigenvalue weighted by Crippen LogP contribution is -2.21. The number of hydrogen-bond acceptors (Lipinski definition) is 6. The zero-order chi connectivity index (χ0) is 14.7. The van der Waals surface area contributed by atoms with Crippen molar-refractivity contribution in [3.63, 3.8) is 0 Å². The molecule has 0 bridgehead atoms. The molecule has 21 heavy (non-hydrogen) atoms. The topological polar surface area (TPSA) is 66.0 Å². The highest BCUT2D eigenvalue weighted by Crippen LogP contribution is 2.21. The first kappa shape index (κ1) is 14.3. The molecule has 1 aromatic carbocycles. The first-order valence-corrected chi connectivity index (χ1v) is 8.04. The highest BCUT2D eigenvalue weighted by atomic mass is 127. The van der Waals surface area contributed by atoms with Gasteiger partial charge in [-0.25, -0.2) is 0 Å². The van der Waals surface area contributed by atoms with Gasteiger partial charge in [0.05, 0.1) is 0 Å². The van der Waals surface area contributed by atoms with E-state index in [9.17, 15) is 0 Å². The molecule has 0 aliphatic carbocycles. The Morgan fingerprint density at radius 3 is 2.33 bits per heavy atom. The third-order valence-electron chi connectivity index (χ3n) is 3.34. The molecule has 110 valence electrons. The second-order valence-electron chi connectivity index (χ2n) is 4.86. The van der Waals surface area contributed by atoms with Gasteiger partial charge in [-0.1, -0.05) is 0 Å². The number of aromatic nitrogens is 3. The maximum atomic E-state index is 4.53. The van der Waals surface area contributed by atoms with Gasteiger partial charge in [0.2, 0.25) is 17.8 Å². The van der Waals surface area contributed by atoms with Gasteiger partial charge in [0.1, 0.15) is 0 Å². The quantitative estimate of drug-likeness (QED) is 0.775. The van der Waals surface area contributed by atoms with Crippen molar-refractivity contribution < 1.29 is 0 Å². The molecule has 1 aliphatic heterocycles. The average Bonchev–Trinajstić information content (AvgIpc) is 3.04. The molecule has 0 atom stereocenters. The standard InChI is InChI=1S/C14H17IN6/c1-16-12-18-13(17-11-6-4-10(15)5-7-11)20-14(19-12)21-8-2-3-9-21/h4-7H,2-3,8-9H2,1H3,(H2,16,17,18,19,20). The fourth-order valence-electron chi connectivity index (χ4n) is 2.25. The molecule has 1 fully saturated rings. The van der Waals surface area contributed by atoms with E-state index in [-0.39, 0.29) is 0 Å². The summed E-state index contributed by atoms with van der Waals surface area (Å²) in [5.74, 6) is 1.89. The van der Waals surface area contributed by atoms with Gasteiger partial charge in [0.15, 0.2) is 0 Å². The van der Waals surface area contributed by atoms with Gasteiger partial charge >= 0.3 is 0 Å². The summed E-state index contributed by atoms with van der Waals surface area (Å²) in [6.07, 6.45) is 2.39. The van der Waals surface area contributed by atoms with Crippen LogP contribution < -0.4 is 15.5 Å². The van der Waals surface area contributed by atoms with Crippen molar-refractivity contribution in [1.82, 2.24) is 15.0 Å². The molecule has 2 heterocycles. The maximum absolute atomic E-state index is 4.53. The first-order valence-electron chi connectivity index (χ1n) is 6.96. The second kappa shape index (κ2) is 6.42. The van der Waals surface area contributed by atoms with Crippen LogP contribution in [0.5, 0.6) is 0 Å². The molecule has 0 amide bonds. The zero-order valence-corrected chi connectivity index (χ0v) is 14.0. The molecule has 2 aromatic rings. The molecule has 6 nitrogen and oxygen atoms in total. The number of anilines is 4. The van der Waals surface area contributed by atoms with Crippen molar-refractivity contribution in [2.24, 2.45) is 0 Å². The number of hydrogen-bond donors (Lipinski definition) is 2. The van der Waals surface area contributed by atoms with Gasteiger partial charge in [0, 0.05) is 29.4 Å². The normalized spacial score (nSPS) is 14.3. The van der Waals surface area contributed by atoms with Crippen LogP contribution in [0.1, 0.15) is 12.8 Å². The summed E-state index contributed by atoms with van der Waals surface area (Å²) in [5, 5.41) is 6.23. The molecule has 1 aromatic heterocycles. The van der Waals surface area contributed by atoms with E-state index >= 15 is 0 Å². The van der Waals surface area contributed by atoms with E-state index in [1.807, 2.05) is 31.3 Å². The van der Waals surface area contributed by atoms with Gasteiger partial charge in [-0.2, -0.15) is 15.0 Å². The van der Waals surface area contributed by atoms with Crippen LogP contribution in [-0.4, -0.2) is 35.1 Å². The van der Waals surface area contributed by atoms with Crippen LogP contribution in [0, 0.1) is 3.57 Å². The Labute approximate surface area is 137 Å². The van der Waals surface area contributed by atoms with Crippen LogP contribution in [0.3, 0.4) is 0 Å². The number of nitrogens with zero attached hydrogens (tertiary/aromatic N) is 4. The lowest BCUT2D eigenvalue weighted by Gasteiger charge is -2.16. The summed E-state index contributed by atoms with van der Waals surface area (Å²) in [6, 6.07) is 8.12. The van der Waals surface area contributed by atoms with Gasteiger partial charge in [-0.3, -0.25) is 0 Å². The summed E-state index contributed by atoms with van der Waals surface area (Å²) < 4.78 is 1.20. The summed E-state index contributed by atoms with van der Waals surface area (Å²) in [5.41, 5.74) is 0.969. The molecule has 3 rings (SSSR count). The minimum Gasteiger partial charge on any atom is -0.357 e. The van der Waals surface area contributed by atoms with E-state index in [0.717, 1.165) is 24.7 Å². The smallest absolute Gasteiger partial charge is 0.233 e. The summed E-state index contributed by atoms with van der Waals surface area (Å²) in [4.78, 5) is 15.5. The van der Waals surface area contributed by atoms with Crippen LogP contribution in [0.15, 0.2) is 24.3 Å². The lowest BCUT2D eigenvalue weighted by atomic mass is 10.3. The highest BCUT2D eigenvalue weighted by Gasteiger charge is 2.17. The fraction of sp³-hybridized carbons (Fsp3) is 0.357. The van der Waals surface area contributed by atoms with E-state index in [1.54, 1.807) is 0 Å². The monoisotopic (exact) mass is 396 g/mol. The van der Waals surface area contributed by atoms with Gasteiger partial charge in [-0.15, -0.1) is 0 Å². The number of benzene rings is 1. The van der Waals surface area contributed by atoms with Gasteiger partial charge in [0.25, 0.3) is 0 Å². The lowest BCUT2D eigenvalue weighted by molar-refractivity contribution is 0.885. The van der Waals surface area contributed by atoms with Crippen molar-refractivity contribution in [3.05, 3.63) is 27.8 Å². The number of rotatable bonds is 4. The van der Waals surface area contributed by atoms with Crippen molar-refractivity contribution >= 4 is 46.1 Å². The molecular formula is C14H17IN6. The number of halogens is 1.